The molecule has 2 aliphatic rings. The molecular formula is C20H32O4. The first-order valence-electron chi connectivity index (χ1n) is 9.14. The monoisotopic (exact) mass is 336 g/mol. The maximum atomic E-state index is 13.0. The van der Waals surface area contributed by atoms with E-state index in [9.17, 15) is 14.7 Å². The van der Waals surface area contributed by atoms with Gasteiger partial charge >= 0.3 is 11.9 Å². The van der Waals surface area contributed by atoms with Crippen LogP contribution in [-0.2, 0) is 14.3 Å². The number of esters is 1. The molecule has 2 saturated carbocycles. The van der Waals surface area contributed by atoms with Crippen LogP contribution in [-0.4, -0.2) is 23.1 Å². The second kappa shape index (κ2) is 6.53. The summed E-state index contributed by atoms with van der Waals surface area (Å²) in [6.07, 6.45) is 5.41. The lowest BCUT2D eigenvalue weighted by Gasteiger charge is -2.37. The SMILES string of the molecule is CC(=CC1(C(=O)OC2CC(C)CCC2C(C)C)CC1(C)C)C(=O)O. The van der Waals surface area contributed by atoms with Gasteiger partial charge in [0.05, 0.1) is 5.41 Å². The van der Waals surface area contributed by atoms with Crippen LogP contribution in [0.25, 0.3) is 0 Å². The third-order valence-electron chi connectivity index (χ3n) is 6.19. The van der Waals surface area contributed by atoms with Gasteiger partial charge in [-0.2, -0.15) is 0 Å². The van der Waals surface area contributed by atoms with Gasteiger partial charge < -0.3 is 9.84 Å². The second-order valence-corrected chi connectivity index (χ2v) is 8.93. The van der Waals surface area contributed by atoms with Crippen molar-refractivity contribution in [1.29, 1.82) is 0 Å². The molecule has 0 saturated heterocycles. The summed E-state index contributed by atoms with van der Waals surface area (Å²) in [6, 6.07) is 0. The van der Waals surface area contributed by atoms with Crippen molar-refractivity contribution in [2.45, 2.75) is 73.3 Å². The van der Waals surface area contributed by atoms with E-state index < -0.39 is 11.4 Å². The Morgan fingerprint density at radius 2 is 1.83 bits per heavy atom. The summed E-state index contributed by atoms with van der Waals surface area (Å²) < 4.78 is 6.00. The van der Waals surface area contributed by atoms with Gasteiger partial charge in [0.15, 0.2) is 0 Å². The van der Waals surface area contributed by atoms with Gasteiger partial charge in [0, 0.05) is 5.57 Å². The summed E-state index contributed by atoms with van der Waals surface area (Å²) in [5.41, 5.74) is -0.804. The molecule has 2 fully saturated rings. The van der Waals surface area contributed by atoms with Crippen LogP contribution in [0.5, 0.6) is 0 Å². The van der Waals surface area contributed by atoms with E-state index in [-0.39, 0.29) is 23.1 Å². The van der Waals surface area contributed by atoms with Crippen LogP contribution in [0.2, 0.25) is 0 Å². The molecule has 0 aliphatic heterocycles. The number of carboxylic acid groups (broad SMARTS) is 1. The van der Waals surface area contributed by atoms with E-state index in [1.165, 1.54) is 6.42 Å². The predicted molar refractivity (Wildman–Crippen MR) is 93.4 cm³/mol. The number of carbonyl (C=O) groups excluding carboxylic acids is 1. The van der Waals surface area contributed by atoms with Gasteiger partial charge in [-0.05, 0) is 49.4 Å². The smallest absolute Gasteiger partial charge is 0.330 e. The molecule has 4 heteroatoms. The topological polar surface area (TPSA) is 63.6 Å². The van der Waals surface area contributed by atoms with Gasteiger partial charge in [-0.25, -0.2) is 4.79 Å². The number of aliphatic carboxylic acids is 1. The Morgan fingerprint density at radius 3 is 2.29 bits per heavy atom. The van der Waals surface area contributed by atoms with Crippen LogP contribution in [0.3, 0.4) is 0 Å². The van der Waals surface area contributed by atoms with Gasteiger partial charge in [0.2, 0.25) is 0 Å². The zero-order valence-electron chi connectivity index (χ0n) is 15.9. The van der Waals surface area contributed by atoms with Crippen LogP contribution in [0, 0.1) is 28.6 Å². The molecule has 2 rings (SSSR count). The number of hydrogen-bond donors (Lipinski definition) is 1. The molecule has 0 spiro atoms. The normalized spacial score (nSPS) is 35.6. The molecule has 2 aliphatic carbocycles. The number of ether oxygens (including phenoxy) is 1. The van der Waals surface area contributed by atoms with E-state index >= 15 is 0 Å². The lowest BCUT2D eigenvalue weighted by atomic mass is 9.75. The maximum Gasteiger partial charge on any atom is 0.330 e. The van der Waals surface area contributed by atoms with E-state index in [2.05, 4.69) is 20.8 Å². The lowest BCUT2D eigenvalue weighted by Crippen LogP contribution is -2.38. The first kappa shape index (κ1) is 19.0. The third-order valence-corrected chi connectivity index (χ3v) is 6.19. The van der Waals surface area contributed by atoms with E-state index in [0.29, 0.717) is 24.2 Å². The van der Waals surface area contributed by atoms with Gasteiger partial charge in [0.1, 0.15) is 6.10 Å². The summed E-state index contributed by atoms with van der Waals surface area (Å²) >= 11 is 0. The Hall–Kier alpha value is -1.32. The van der Waals surface area contributed by atoms with Crippen molar-refractivity contribution < 1.29 is 19.4 Å². The van der Waals surface area contributed by atoms with Crippen molar-refractivity contribution >= 4 is 11.9 Å². The first-order chi connectivity index (χ1) is 11.0. The summed E-state index contributed by atoms with van der Waals surface area (Å²) in [6.45, 7) is 12.1. The number of hydrogen-bond acceptors (Lipinski definition) is 3. The van der Waals surface area contributed by atoms with E-state index in [1.54, 1.807) is 13.0 Å². The van der Waals surface area contributed by atoms with Crippen LogP contribution >= 0.6 is 0 Å². The molecule has 1 N–H and O–H groups in total. The highest BCUT2D eigenvalue weighted by Crippen LogP contribution is 2.65. The third kappa shape index (κ3) is 3.52. The Morgan fingerprint density at radius 1 is 1.25 bits per heavy atom. The highest BCUT2D eigenvalue weighted by atomic mass is 16.5. The Balaban J connectivity index is 2.19. The quantitative estimate of drug-likeness (QED) is 0.595. The van der Waals surface area contributed by atoms with E-state index in [1.807, 2.05) is 13.8 Å². The highest BCUT2D eigenvalue weighted by Gasteiger charge is 2.66. The van der Waals surface area contributed by atoms with Crippen molar-refractivity contribution in [3.63, 3.8) is 0 Å². The summed E-state index contributed by atoms with van der Waals surface area (Å²) in [7, 11) is 0. The molecule has 4 atom stereocenters. The molecule has 0 amide bonds. The second-order valence-electron chi connectivity index (χ2n) is 8.93. The fourth-order valence-corrected chi connectivity index (χ4v) is 4.23. The molecular weight excluding hydrogens is 304 g/mol. The molecule has 0 aromatic heterocycles. The molecule has 0 bridgehead atoms. The molecule has 4 unspecified atom stereocenters. The minimum absolute atomic E-state index is 0.0481. The average Bonchev–Trinajstić information content (AvgIpc) is 3.00. The van der Waals surface area contributed by atoms with Crippen LogP contribution in [0.1, 0.15) is 67.2 Å². The van der Waals surface area contributed by atoms with E-state index in [0.717, 1.165) is 12.8 Å². The molecule has 136 valence electrons. The molecule has 0 radical (unpaired) electrons. The summed E-state index contributed by atoms with van der Waals surface area (Å²) in [5, 5.41) is 9.18. The summed E-state index contributed by atoms with van der Waals surface area (Å²) in [4.78, 5) is 24.2. The Bertz CT molecular complexity index is 546. The molecule has 24 heavy (non-hydrogen) atoms. The Labute approximate surface area is 145 Å². The van der Waals surface area contributed by atoms with Gasteiger partial charge in [-0.1, -0.05) is 47.1 Å². The molecule has 0 aromatic carbocycles. The average molecular weight is 336 g/mol. The highest BCUT2D eigenvalue weighted by molar-refractivity contribution is 5.90. The largest absolute Gasteiger partial charge is 0.478 e. The minimum atomic E-state index is -0.976. The number of carbonyl (C=O) groups is 2. The maximum absolute atomic E-state index is 13.0. The van der Waals surface area contributed by atoms with Crippen molar-refractivity contribution in [1.82, 2.24) is 0 Å². The Kier molecular flexibility index (Phi) is 5.17. The zero-order chi connectivity index (χ0) is 18.3. The van der Waals surface area contributed by atoms with E-state index in [4.69, 9.17) is 4.74 Å². The van der Waals surface area contributed by atoms with Crippen LogP contribution in [0.4, 0.5) is 0 Å². The standard InChI is InChI=1S/C20H32O4/c1-12(2)15-8-7-13(3)9-16(15)24-18(23)20(11-19(20,5)6)10-14(4)17(21)22/h10,12-13,15-16H,7-9,11H2,1-6H3,(H,21,22). The van der Waals surface area contributed by atoms with Crippen molar-refractivity contribution in [3.8, 4) is 0 Å². The zero-order valence-corrected chi connectivity index (χ0v) is 15.9. The van der Waals surface area contributed by atoms with Crippen molar-refractivity contribution in [3.05, 3.63) is 11.6 Å². The predicted octanol–water partition coefficient (Wildman–Crippen LogP) is 4.44. The van der Waals surface area contributed by atoms with Crippen LogP contribution in [0.15, 0.2) is 11.6 Å². The first-order valence-corrected chi connectivity index (χ1v) is 9.14. The molecule has 0 aromatic rings. The molecule has 0 heterocycles. The summed E-state index contributed by atoms with van der Waals surface area (Å²) in [5.74, 6) is 0.231. The van der Waals surface area contributed by atoms with Gasteiger partial charge in [-0.3, -0.25) is 4.79 Å². The lowest BCUT2D eigenvalue weighted by molar-refractivity contribution is -0.162. The fourth-order valence-electron chi connectivity index (χ4n) is 4.23. The van der Waals surface area contributed by atoms with Crippen molar-refractivity contribution in [2.24, 2.45) is 28.6 Å². The van der Waals surface area contributed by atoms with Crippen LogP contribution < -0.4 is 0 Å². The number of rotatable bonds is 5. The van der Waals surface area contributed by atoms with Crippen molar-refractivity contribution in [2.75, 3.05) is 0 Å². The molecule has 4 nitrogen and oxygen atoms in total. The number of carboxylic acids is 1. The minimum Gasteiger partial charge on any atom is -0.478 e. The van der Waals surface area contributed by atoms with Gasteiger partial charge in [-0.15, -0.1) is 0 Å². The van der Waals surface area contributed by atoms with Gasteiger partial charge in [0.25, 0.3) is 0 Å². The fraction of sp³-hybridized carbons (Fsp3) is 0.800.